The molecule has 0 spiro atoms. The number of rotatable bonds is 4. The number of hydrogen-bond donors (Lipinski definition) is 1. The van der Waals surface area contributed by atoms with Gasteiger partial charge in [0.15, 0.2) is 0 Å². The molecule has 1 N–H and O–H groups in total. The van der Waals surface area contributed by atoms with Crippen LogP contribution in [0, 0.1) is 5.92 Å². The molecule has 2 aliphatic heterocycles. The lowest BCUT2D eigenvalue weighted by atomic mass is 10.2. The third-order valence-electron chi connectivity index (χ3n) is 3.79. The van der Waals surface area contributed by atoms with Crippen LogP contribution in [0.15, 0.2) is 4.90 Å². The van der Waals surface area contributed by atoms with Gasteiger partial charge in [-0.15, -0.1) is 11.8 Å². The summed E-state index contributed by atoms with van der Waals surface area (Å²) in [5, 5.41) is 3.54. The normalized spacial score (nSPS) is 18.4. The van der Waals surface area contributed by atoms with Crippen molar-refractivity contribution in [3.05, 3.63) is 5.69 Å². The molecule has 2 aliphatic rings. The quantitative estimate of drug-likeness (QED) is 0.923. The van der Waals surface area contributed by atoms with E-state index < -0.39 is 0 Å². The third-order valence-corrected chi connectivity index (χ3v) is 5.01. The molecule has 0 unspecified atom stereocenters. The molecular formula is C15H24N4S. The molecule has 0 aromatic carbocycles. The van der Waals surface area contributed by atoms with Crippen molar-refractivity contribution in [2.45, 2.75) is 44.4 Å². The van der Waals surface area contributed by atoms with Crippen LogP contribution in [0.5, 0.6) is 0 Å². The van der Waals surface area contributed by atoms with E-state index in [2.05, 4.69) is 24.1 Å². The van der Waals surface area contributed by atoms with Crippen molar-refractivity contribution in [3.63, 3.8) is 0 Å². The van der Waals surface area contributed by atoms with Gasteiger partial charge in [-0.2, -0.15) is 4.98 Å². The lowest BCUT2D eigenvalue weighted by Crippen LogP contribution is -2.23. The van der Waals surface area contributed by atoms with E-state index in [4.69, 9.17) is 9.97 Å². The zero-order valence-electron chi connectivity index (χ0n) is 12.5. The number of hydrogen-bond acceptors (Lipinski definition) is 5. The van der Waals surface area contributed by atoms with Crippen LogP contribution in [0.2, 0.25) is 0 Å². The molecule has 1 aromatic rings. The molecule has 0 atom stereocenters. The first-order chi connectivity index (χ1) is 9.74. The number of thioether (sulfide) groups is 1. The summed E-state index contributed by atoms with van der Waals surface area (Å²) in [6, 6.07) is 0. The van der Waals surface area contributed by atoms with E-state index in [0.29, 0.717) is 5.92 Å². The zero-order chi connectivity index (χ0) is 13.9. The maximum atomic E-state index is 4.84. The van der Waals surface area contributed by atoms with E-state index in [1.165, 1.54) is 35.6 Å². The molecule has 0 radical (unpaired) electrons. The number of fused-ring (bicyclic) bond motifs is 1. The second-order valence-corrected chi connectivity index (χ2v) is 7.17. The smallest absolute Gasteiger partial charge is 0.227 e. The van der Waals surface area contributed by atoms with Crippen molar-refractivity contribution in [1.82, 2.24) is 9.97 Å². The van der Waals surface area contributed by atoms with Gasteiger partial charge in [-0.3, -0.25) is 0 Å². The zero-order valence-corrected chi connectivity index (χ0v) is 13.3. The first-order valence-electron chi connectivity index (χ1n) is 7.76. The van der Waals surface area contributed by atoms with Gasteiger partial charge < -0.3 is 10.2 Å². The van der Waals surface area contributed by atoms with Gasteiger partial charge in [0.2, 0.25) is 5.95 Å². The maximum Gasteiger partial charge on any atom is 0.227 e. The topological polar surface area (TPSA) is 41.1 Å². The summed E-state index contributed by atoms with van der Waals surface area (Å²) in [5.74, 6) is 3.82. The largest absolute Gasteiger partial charge is 0.369 e. The highest BCUT2D eigenvalue weighted by molar-refractivity contribution is 7.99. The fourth-order valence-corrected chi connectivity index (χ4v) is 3.76. The van der Waals surface area contributed by atoms with Gasteiger partial charge in [0, 0.05) is 19.6 Å². The molecule has 1 aromatic heterocycles. The Morgan fingerprint density at radius 3 is 2.75 bits per heavy atom. The molecule has 3 rings (SSSR count). The Balaban J connectivity index is 1.90. The van der Waals surface area contributed by atoms with Crippen LogP contribution < -0.4 is 10.2 Å². The highest BCUT2D eigenvalue weighted by Gasteiger charge is 2.22. The molecular weight excluding hydrogens is 268 g/mol. The Hall–Kier alpha value is -0.970. The van der Waals surface area contributed by atoms with Crippen molar-refractivity contribution < 1.29 is 0 Å². The Labute approximate surface area is 125 Å². The summed E-state index contributed by atoms with van der Waals surface area (Å²) < 4.78 is 0. The van der Waals surface area contributed by atoms with E-state index in [9.17, 15) is 0 Å². The summed E-state index contributed by atoms with van der Waals surface area (Å²) in [6.45, 7) is 7.65. The van der Waals surface area contributed by atoms with Crippen molar-refractivity contribution in [2.75, 3.05) is 35.6 Å². The molecule has 0 amide bonds. The van der Waals surface area contributed by atoms with Gasteiger partial charge in [0.05, 0.1) is 10.6 Å². The minimum absolute atomic E-state index is 0.629. The second-order valence-electron chi connectivity index (χ2n) is 6.07. The standard InChI is InChI=1S/C15H24N4S/c1-11(2)10-16-14-13-12(6-5-9-20-13)17-15(18-14)19-7-3-4-8-19/h11H,3-10H2,1-2H3,(H,16,17,18). The minimum atomic E-state index is 0.629. The van der Waals surface area contributed by atoms with E-state index in [1.807, 2.05) is 11.8 Å². The van der Waals surface area contributed by atoms with Gasteiger partial charge in [0.25, 0.3) is 0 Å². The fraction of sp³-hybridized carbons (Fsp3) is 0.733. The Bertz CT molecular complexity index is 469. The van der Waals surface area contributed by atoms with Crippen LogP contribution in [-0.4, -0.2) is 35.4 Å². The van der Waals surface area contributed by atoms with Gasteiger partial charge in [-0.05, 0) is 37.4 Å². The minimum Gasteiger partial charge on any atom is -0.369 e. The van der Waals surface area contributed by atoms with Crippen molar-refractivity contribution >= 4 is 23.5 Å². The van der Waals surface area contributed by atoms with Crippen LogP contribution in [-0.2, 0) is 6.42 Å². The highest BCUT2D eigenvalue weighted by atomic mass is 32.2. The summed E-state index contributed by atoms with van der Waals surface area (Å²) in [6.07, 6.45) is 4.87. The first kappa shape index (κ1) is 14.0. The van der Waals surface area contributed by atoms with Crippen LogP contribution in [0.25, 0.3) is 0 Å². The van der Waals surface area contributed by atoms with Crippen LogP contribution in [0.4, 0.5) is 11.8 Å². The average Bonchev–Trinajstić information content (AvgIpc) is 2.98. The van der Waals surface area contributed by atoms with Gasteiger partial charge in [-0.1, -0.05) is 13.8 Å². The monoisotopic (exact) mass is 292 g/mol. The van der Waals surface area contributed by atoms with Crippen molar-refractivity contribution in [1.29, 1.82) is 0 Å². The SMILES string of the molecule is CC(C)CNc1nc(N2CCCC2)nc2c1SCCC2. The van der Waals surface area contributed by atoms with E-state index in [0.717, 1.165) is 37.8 Å². The first-order valence-corrected chi connectivity index (χ1v) is 8.75. The van der Waals surface area contributed by atoms with Crippen LogP contribution >= 0.6 is 11.8 Å². The molecule has 3 heterocycles. The molecule has 1 saturated heterocycles. The third kappa shape index (κ3) is 3.03. The molecule has 5 heteroatoms. The van der Waals surface area contributed by atoms with Gasteiger partial charge in [-0.25, -0.2) is 4.98 Å². The number of nitrogens with one attached hydrogen (secondary N) is 1. The Morgan fingerprint density at radius 1 is 1.20 bits per heavy atom. The van der Waals surface area contributed by atoms with Crippen molar-refractivity contribution in [2.24, 2.45) is 5.92 Å². The maximum absolute atomic E-state index is 4.84. The summed E-state index contributed by atoms with van der Waals surface area (Å²) in [5.41, 5.74) is 1.25. The molecule has 1 fully saturated rings. The molecule has 0 aliphatic carbocycles. The summed E-state index contributed by atoms with van der Waals surface area (Å²) >= 11 is 1.91. The molecule has 20 heavy (non-hydrogen) atoms. The van der Waals surface area contributed by atoms with Crippen LogP contribution in [0.3, 0.4) is 0 Å². The average molecular weight is 292 g/mol. The van der Waals surface area contributed by atoms with Gasteiger partial charge >= 0.3 is 0 Å². The highest BCUT2D eigenvalue weighted by Crippen LogP contribution is 2.35. The molecule has 110 valence electrons. The summed E-state index contributed by atoms with van der Waals surface area (Å²) in [4.78, 5) is 13.3. The Kier molecular flexibility index (Phi) is 4.34. The van der Waals surface area contributed by atoms with E-state index in [1.54, 1.807) is 0 Å². The lowest BCUT2D eigenvalue weighted by Gasteiger charge is -2.23. The number of aromatic nitrogens is 2. The number of anilines is 2. The number of aryl methyl sites for hydroxylation is 1. The second kappa shape index (κ2) is 6.20. The molecule has 4 nitrogen and oxygen atoms in total. The predicted octanol–water partition coefficient (Wildman–Crippen LogP) is 3.18. The molecule has 0 saturated carbocycles. The fourth-order valence-electron chi connectivity index (χ4n) is 2.70. The van der Waals surface area contributed by atoms with Crippen LogP contribution in [0.1, 0.15) is 38.8 Å². The van der Waals surface area contributed by atoms with E-state index >= 15 is 0 Å². The Morgan fingerprint density at radius 2 is 2.00 bits per heavy atom. The summed E-state index contributed by atoms with van der Waals surface area (Å²) in [7, 11) is 0. The van der Waals surface area contributed by atoms with E-state index in [-0.39, 0.29) is 0 Å². The van der Waals surface area contributed by atoms with Crippen molar-refractivity contribution in [3.8, 4) is 0 Å². The van der Waals surface area contributed by atoms with Gasteiger partial charge in [0.1, 0.15) is 5.82 Å². The number of nitrogens with zero attached hydrogens (tertiary/aromatic N) is 3. The lowest BCUT2D eigenvalue weighted by molar-refractivity contribution is 0.683. The predicted molar refractivity (Wildman–Crippen MR) is 85.9 cm³/mol. The molecule has 0 bridgehead atoms.